The van der Waals surface area contributed by atoms with Crippen molar-refractivity contribution in [1.29, 1.82) is 0 Å². The molecule has 6 heteroatoms. The Hall–Kier alpha value is -2.83. The third-order valence-corrected chi connectivity index (χ3v) is 5.42. The summed E-state index contributed by atoms with van der Waals surface area (Å²) in [7, 11) is 0. The van der Waals surface area contributed by atoms with Crippen LogP contribution in [0.5, 0.6) is 5.75 Å². The van der Waals surface area contributed by atoms with Gasteiger partial charge >= 0.3 is 0 Å². The van der Waals surface area contributed by atoms with Crippen molar-refractivity contribution in [1.82, 2.24) is 15.8 Å². The lowest BCUT2D eigenvalue weighted by Crippen LogP contribution is -2.39. The van der Waals surface area contributed by atoms with Crippen LogP contribution in [0.2, 0.25) is 0 Å². The zero-order valence-corrected chi connectivity index (χ0v) is 16.9. The van der Waals surface area contributed by atoms with Crippen LogP contribution in [0.4, 0.5) is 0 Å². The van der Waals surface area contributed by atoms with E-state index in [2.05, 4.69) is 28.0 Å². The maximum atomic E-state index is 12.2. The molecule has 2 heterocycles. The number of aromatic amines is 1. The van der Waals surface area contributed by atoms with Crippen molar-refractivity contribution in [2.75, 3.05) is 19.8 Å². The summed E-state index contributed by atoms with van der Waals surface area (Å²) in [6.45, 7) is 6.16. The summed E-state index contributed by atoms with van der Waals surface area (Å²) in [6.07, 6.45) is 2.97. The second kappa shape index (κ2) is 8.68. The highest BCUT2D eigenvalue weighted by atomic mass is 16.5. The lowest BCUT2D eigenvalue weighted by molar-refractivity contribution is -0.124. The van der Waals surface area contributed by atoms with E-state index in [-0.39, 0.29) is 12.5 Å². The molecule has 6 nitrogen and oxygen atoms in total. The summed E-state index contributed by atoms with van der Waals surface area (Å²) in [5.74, 6) is 1.02. The highest BCUT2D eigenvalue weighted by Crippen LogP contribution is 2.31. The Morgan fingerprint density at radius 2 is 2.07 bits per heavy atom. The van der Waals surface area contributed by atoms with Crippen LogP contribution in [0.25, 0.3) is 10.9 Å². The van der Waals surface area contributed by atoms with Crippen LogP contribution in [0.15, 0.2) is 42.6 Å². The van der Waals surface area contributed by atoms with Crippen LogP contribution in [0.1, 0.15) is 34.6 Å². The predicted molar refractivity (Wildman–Crippen MR) is 113 cm³/mol. The van der Waals surface area contributed by atoms with Gasteiger partial charge in [-0.2, -0.15) is 0 Å². The van der Waals surface area contributed by atoms with E-state index in [0.717, 1.165) is 53.0 Å². The first-order chi connectivity index (χ1) is 14.1. The van der Waals surface area contributed by atoms with Crippen molar-refractivity contribution in [3.8, 4) is 5.75 Å². The van der Waals surface area contributed by atoms with Gasteiger partial charge in [0.25, 0.3) is 5.91 Å². The molecule has 3 aromatic rings. The molecule has 0 radical (unpaired) electrons. The molecule has 1 saturated heterocycles. The quantitative estimate of drug-likeness (QED) is 0.537. The van der Waals surface area contributed by atoms with Gasteiger partial charge in [-0.25, -0.2) is 5.43 Å². The molecule has 0 saturated carbocycles. The van der Waals surface area contributed by atoms with Gasteiger partial charge in [0, 0.05) is 36.2 Å². The topological polar surface area (TPSA) is 75.4 Å². The smallest absolute Gasteiger partial charge is 0.271 e. The van der Waals surface area contributed by atoms with Gasteiger partial charge in [0.15, 0.2) is 6.61 Å². The molecule has 152 valence electrons. The average molecular weight is 393 g/mol. The number of rotatable bonds is 7. The number of hydrogen-bond acceptors (Lipinski definition) is 4. The van der Waals surface area contributed by atoms with Gasteiger partial charge in [0.05, 0.1) is 6.61 Å². The minimum Gasteiger partial charge on any atom is -0.483 e. The monoisotopic (exact) mass is 393 g/mol. The molecular formula is C23H27N3O3. The molecule has 1 atom stereocenters. The Morgan fingerprint density at radius 1 is 1.24 bits per heavy atom. The van der Waals surface area contributed by atoms with E-state index in [1.165, 1.54) is 5.56 Å². The molecular weight excluding hydrogens is 366 g/mol. The van der Waals surface area contributed by atoms with Crippen molar-refractivity contribution >= 4 is 16.8 Å². The third kappa shape index (κ3) is 4.44. The lowest BCUT2D eigenvalue weighted by Gasteiger charge is -2.16. The van der Waals surface area contributed by atoms with E-state index in [0.29, 0.717) is 12.5 Å². The van der Waals surface area contributed by atoms with Gasteiger partial charge in [-0.15, -0.1) is 0 Å². The summed E-state index contributed by atoms with van der Waals surface area (Å²) in [4.78, 5) is 15.4. The van der Waals surface area contributed by atoms with Crippen molar-refractivity contribution in [3.63, 3.8) is 0 Å². The molecule has 0 bridgehead atoms. The van der Waals surface area contributed by atoms with E-state index < -0.39 is 0 Å². The van der Waals surface area contributed by atoms with Crippen LogP contribution >= 0.6 is 0 Å². The fraction of sp³-hybridized carbons (Fsp3) is 0.348. The second-order valence-electron chi connectivity index (χ2n) is 7.59. The number of ether oxygens (including phenoxy) is 2. The summed E-state index contributed by atoms with van der Waals surface area (Å²) >= 11 is 0. The molecule has 1 fully saturated rings. The number of aryl methyl sites for hydroxylation is 2. The molecule has 1 amide bonds. The standard InChI is InChI=1S/C23H27N3O3/c1-15-10-19(18-7-9-28-13-18)11-16(2)23(15)29-14-22(27)26-25-12-17-4-3-5-21-20(17)6-8-24-21/h3-6,8,10-11,18,24-25H,7,9,12-14H2,1-2H3,(H,26,27). The van der Waals surface area contributed by atoms with Gasteiger partial charge in [0.1, 0.15) is 5.75 Å². The molecule has 29 heavy (non-hydrogen) atoms. The Morgan fingerprint density at radius 3 is 2.83 bits per heavy atom. The van der Waals surface area contributed by atoms with Gasteiger partial charge in [-0.05, 0) is 54.7 Å². The Bertz CT molecular complexity index is 983. The SMILES string of the molecule is Cc1cc(C2CCOC2)cc(C)c1OCC(=O)NNCc1cccc2[nH]ccc12. The lowest BCUT2D eigenvalue weighted by atomic mass is 9.94. The number of fused-ring (bicyclic) bond motifs is 1. The zero-order valence-electron chi connectivity index (χ0n) is 16.9. The maximum Gasteiger partial charge on any atom is 0.271 e. The van der Waals surface area contributed by atoms with E-state index in [1.807, 2.05) is 44.3 Å². The average Bonchev–Trinajstić information content (AvgIpc) is 3.39. The van der Waals surface area contributed by atoms with Crippen LogP contribution < -0.4 is 15.6 Å². The van der Waals surface area contributed by atoms with Gasteiger partial charge in [-0.3, -0.25) is 10.2 Å². The molecule has 1 aromatic heterocycles. The number of H-pyrrole nitrogens is 1. The summed E-state index contributed by atoms with van der Waals surface area (Å²) in [5, 5.41) is 1.14. The first-order valence-corrected chi connectivity index (χ1v) is 10.00. The van der Waals surface area contributed by atoms with Gasteiger partial charge in [0.2, 0.25) is 0 Å². The number of aromatic nitrogens is 1. The van der Waals surface area contributed by atoms with Gasteiger partial charge < -0.3 is 14.5 Å². The summed E-state index contributed by atoms with van der Waals surface area (Å²) in [6, 6.07) is 12.4. The molecule has 2 aromatic carbocycles. The minimum absolute atomic E-state index is 0.0328. The first-order valence-electron chi connectivity index (χ1n) is 10.00. The van der Waals surface area contributed by atoms with Crippen LogP contribution in [-0.2, 0) is 16.1 Å². The minimum atomic E-state index is -0.210. The molecule has 4 rings (SSSR count). The highest BCUT2D eigenvalue weighted by molar-refractivity contribution is 5.83. The first kappa shape index (κ1) is 19.5. The molecule has 1 aliphatic rings. The largest absolute Gasteiger partial charge is 0.483 e. The van der Waals surface area contributed by atoms with Crippen molar-refractivity contribution in [3.05, 3.63) is 64.8 Å². The molecule has 1 aliphatic heterocycles. The van der Waals surface area contributed by atoms with Crippen molar-refractivity contribution < 1.29 is 14.3 Å². The number of hydrazine groups is 1. The van der Waals surface area contributed by atoms with Crippen molar-refractivity contribution in [2.24, 2.45) is 0 Å². The normalized spacial score (nSPS) is 16.3. The fourth-order valence-corrected chi connectivity index (χ4v) is 3.96. The van der Waals surface area contributed by atoms with E-state index in [9.17, 15) is 4.79 Å². The summed E-state index contributed by atoms with van der Waals surface area (Å²) in [5.41, 5.74) is 11.3. The Balaban J connectivity index is 1.30. The van der Waals surface area contributed by atoms with Crippen molar-refractivity contribution in [2.45, 2.75) is 32.7 Å². The zero-order chi connectivity index (χ0) is 20.2. The van der Waals surface area contributed by atoms with E-state index in [4.69, 9.17) is 9.47 Å². The second-order valence-corrected chi connectivity index (χ2v) is 7.59. The number of nitrogens with one attached hydrogen (secondary N) is 3. The molecule has 3 N–H and O–H groups in total. The number of benzene rings is 2. The third-order valence-electron chi connectivity index (χ3n) is 5.42. The number of amides is 1. The number of hydrogen-bond donors (Lipinski definition) is 3. The fourth-order valence-electron chi connectivity index (χ4n) is 3.96. The number of carbonyl (C=O) groups is 1. The number of carbonyl (C=O) groups excluding carboxylic acids is 1. The van der Waals surface area contributed by atoms with Gasteiger partial charge in [-0.1, -0.05) is 24.3 Å². The van der Waals surface area contributed by atoms with E-state index in [1.54, 1.807) is 0 Å². The Kier molecular flexibility index (Phi) is 5.83. The molecule has 0 spiro atoms. The van der Waals surface area contributed by atoms with Crippen LogP contribution in [0, 0.1) is 13.8 Å². The van der Waals surface area contributed by atoms with Crippen LogP contribution in [-0.4, -0.2) is 30.7 Å². The summed E-state index contributed by atoms with van der Waals surface area (Å²) < 4.78 is 11.3. The van der Waals surface area contributed by atoms with Crippen LogP contribution in [0.3, 0.4) is 0 Å². The molecule has 0 aliphatic carbocycles. The highest BCUT2D eigenvalue weighted by Gasteiger charge is 2.20. The predicted octanol–water partition coefficient (Wildman–Crippen LogP) is 3.49. The molecule has 1 unspecified atom stereocenters. The Labute approximate surface area is 170 Å². The van der Waals surface area contributed by atoms with E-state index >= 15 is 0 Å². The maximum absolute atomic E-state index is 12.2.